The Labute approximate surface area is 168 Å². The molecule has 0 aliphatic carbocycles. The quantitative estimate of drug-likeness (QED) is 0.343. The second-order valence-corrected chi connectivity index (χ2v) is 7.92. The monoisotopic (exact) mass is 409 g/mol. The van der Waals surface area contributed by atoms with Gasteiger partial charge in [0, 0.05) is 50.9 Å². The number of nitrogens with zero attached hydrogens (tertiary/aromatic N) is 1. The van der Waals surface area contributed by atoms with Crippen molar-refractivity contribution >= 4 is 44.2 Å². The summed E-state index contributed by atoms with van der Waals surface area (Å²) in [7, 11) is 0. The first-order chi connectivity index (χ1) is 13.5. The molecular weight excluding hydrogens is 392 g/mol. The van der Waals surface area contributed by atoms with Gasteiger partial charge in [-0.25, -0.2) is 9.71 Å². The van der Waals surface area contributed by atoms with Gasteiger partial charge in [-0.2, -0.15) is 0 Å². The fourth-order valence-corrected chi connectivity index (χ4v) is 4.50. The van der Waals surface area contributed by atoms with E-state index in [1.807, 2.05) is 48.5 Å². The summed E-state index contributed by atoms with van der Waals surface area (Å²) < 4.78 is 24.7. The first-order valence-electron chi connectivity index (χ1n) is 8.46. The molecule has 2 aromatic heterocycles. The molecule has 0 bridgehead atoms. The predicted octanol–water partition coefficient (Wildman–Crippen LogP) is 3.68. The Hall–Kier alpha value is -2.78. The molecule has 1 unspecified atom stereocenters. The van der Waals surface area contributed by atoms with Crippen LogP contribution in [-0.2, 0) is 17.8 Å². The van der Waals surface area contributed by atoms with E-state index in [-0.39, 0.29) is 6.54 Å². The molecule has 0 spiro atoms. The Balaban J connectivity index is 1.76. The van der Waals surface area contributed by atoms with Crippen molar-refractivity contribution in [3.8, 4) is 22.3 Å². The zero-order valence-corrected chi connectivity index (χ0v) is 16.3. The van der Waals surface area contributed by atoms with E-state index in [0.29, 0.717) is 11.5 Å². The van der Waals surface area contributed by atoms with Crippen LogP contribution in [0.2, 0.25) is 0 Å². The van der Waals surface area contributed by atoms with E-state index in [0.717, 1.165) is 37.9 Å². The van der Waals surface area contributed by atoms with Crippen molar-refractivity contribution in [1.82, 2.24) is 9.71 Å². The number of fused-ring (bicyclic) bond motifs is 1. The average Bonchev–Trinajstić information content (AvgIpc) is 3.14. The second kappa shape index (κ2) is 7.69. The molecule has 4 aromatic rings. The lowest BCUT2D eigenvalue weighted by molar-refractivity contribution is 0.522. The van der Waals surface area contributed by atoms with Crippen molar-refractivity contribution in [2.45, 2.75) is 6.54 Å². The van der Waals surface area contributed by atoms with Gasteiger partial charge in [-0.3, -0.25) is 4.21 Å². The van der Waals surface area contributed by atoms with Crippen LogP contribution in [0.1, 0.15) is 5.56 Å². The van der Waals surface area contributed by atoms with Crippen LogP contribution >= 0.6 is 11.3 Å². The van der Waals surface area contributed by atoms with Gasteiger partial charge in [-0.05, 0) is 34.2 Å². The Kier molecular flexibility index (Phi) is 5.10. The number of thiophene rings is 1. The summed E-state index contributed by atoms with van der Waals surface area (Å²) in [4.78, 5) is 4.41. The maximum atomic E-state index is 10.6. The Bertz CT molecular complexity index is 1160. The van der Waals surface area contributed by atoms with E-state index >= 15 is 0 Å². The molecule has 28 heavy (non-hydrogen) atoms. The minimum absolute atomic E-state index is 0.256. The van der Waals surface area contributed by atoms with E-state index in [1.54, 1.807) is 17.5 Å². The summed E-state index contributed by atoms with van der Waals surface area (Å²) in [6, 6.07) is 15.4. The van der Waals surface area contributed by atoms with Gasteiger partial charge < -0.3 is 16.0 Å². The number of aromatic nitrogens is 1. The summed E-state index contributed by atoms with van der Waals surface area (Å²) in [5, 5.41) is 3.01. The van der Waals surface area contributed by atoms with Crippen molar-refractivity contribution in [1.29, 1.82) is 0 Å². The minimum Gasteiger partial charge on any atom is -0.760 e. The van der Waals surface area contributed by atoms with Crippen molar-refractivity contribution in [3.05, 3.63) is 65.7 Å². The number of hydrogen-bond donors (Lipinski definition) is 3. The fraction of sp³-hybridized carbons (Fsp3) is 0.0500. The molecule has 0 aliphatic rings. The largest absolute Gasteiger partial charge is 0.760 e. The minimum atomic E-state index is -2.28. The van der Waals surface area contributed by atoms with Crippen LogP contribution in [0, 0.1) is 0 Å². The highest BCUT2D eigenvalue weighted by Crippen LogP contribution is 2.41. The number of pyridine rings is 1. The molecule has 6 nitrogen and oxygen atoms in total. The van der Waals surface area contributed by atoms with Gasteiger partial charge in [-0.1, -0.05) is 36.4 Å². The van der Waals surface area contributed by atoms with E-state index in [9.17, 15) is 8.76 Å². The van der Waals surface area contributed by atoms with E-state index < -0.39 is 11.3 Å². The Morgan fingerprint density at radius 1 is 1.00 bits per heavy atom. The van der Waals surface area contributed by atoms with Crippen molar-refractivity contribution in [2.24, 2.45) is 0 Å². The molecule has 142 valence electrons. The number of rotatable bonds is 5. The highest BCUT2D eigenvalue weighted by Gasteiger charge is 2.15. The summed E-state index contributed by atoms with van der Waals surface area (Å²) in [6.45, 7) is 0.256. The van der Waals surface area contributed by atoms with Gasteiger partial charge in [0.15, 0.2) is 0 Å². The molecular formula is C20H17N4O2S2-. The van der Waals surface area contributed by atoms with Crippen LogP contribution in [-0.4, -0.2) is 13.7 Å². The Morgan fingerprint density at radius 3 is 2.32 bits per heavy atom. The number of hydrogen-bond acceptors (Lipinski definition) is 6. The Morgan fingerprint density at radius 2 is 1.64 bits per heavy atom. The summed E-state index contributed by atoms with van der Waals surface area (Å²) >= 11 is -0.654. The van der Waals surface area contributed by atoms with Crippen molar-refractivity contribution < 1.29 is 8.76 Å². The third kappa shape index (κ3) is 3.63. The fourth-order valence-electron chi connectivity index (χ4n) is 3.09. The first-order valence-corrected chi connectivity index (χ1v) is 10.4. The lowest BCUT2D eigenvalue weighted by Gasteiger charge is -2.09. The van der Waals surface area contributed by atoms with Gasteiger partial charge in [0.05, 0.1) is 0 Å². The van der Waals surface area contributed by atoms with Gasteiger partial charge in [0.25, 0.3) is 0 Å². The average molecular weight is 410 g/mol. The molecule has 0 radical (unpaired) electrons. The van der Waals surface area contributed by atoms with E-state index in [2.05, 4.69) is 15.1 Å². The van der Waals surface area contributed by atoms with Gasteiger partial charge in [-0.15, -0.1) is 11.3 Å². The molecule has 0 amide bonds. The van der Waals surface area contributed by atoms with Crippen LogP contribution in [0.25, 0.3) is 32.3 Å². The topological polar surface area (TPSA) is 117 Å². The van der Waals surface area contributed by atoms with Crippen molar-refractivity contribution in [3.63, 3.8) is 0 Å². The summed E-state index contributed by atoms with van der Waals surface area (Å²) in [5.74, 6) is 0.491. The van der Waals surface area contributed by atoms with Crippen LogP contribution in [0.15, 0.2) is 60.1 Å². The van der Waals surface area contributed by atoms with Crippen LogP contribution in [0.5, 0.6) is 0 Å². The third-order valence-electron chi connectivity index (χ3n) is 4.51. The maximum absolute atomic E-state index is 10.6. The number of benzene rings is 2. The predicted molar refractivity (Wildman–Crippen MR) is 115 cm³/mol. The second-order valence-electron chi connectivity index (χ2n) is 6.29. The molecule has 5 N–H and O–H groups in total. The van der Waals surface area contributed by atoms with Crippen LogP contribution < -0.4 is 16.2 Å². The molecule has 2 aromatic carbocycles. The molecule has 0 fully saturated rings. The van der Waals surface area contributed by atoms with E-state index in [1.165, 1.54) is 0 Å². The van der Waals surface area contributed by atoms with Crippen molar-refractivity contribution in [2.75, 3.05) is 11.5 Å². The molecule has 8 heteroatoms. The number of nitrogens with one attached hydrogen (secondary N) is 1. The molecule has 0 aliphatic heterocycles. The van der Waals surface area contributed by atoms with Gasteiger partial charge >= 0.3 is 0 Å². The molecule has 0 saturated heterocycles. The molecule has 0 saturated carbocycles. The smallest absolute Gasteiger partial charge is 0.132 e. The number of nitrogens with two attached hydrogens (primary N) is 2. The normalized spacial score (nSPS) is 12.3. The van der Waals surface area contributed by atoms with Gasteiger partial charge in [0.1, 0.15) is 5.82 Å². The lowest BCUT2D eigenvalue weighted by atomic mass is 10.0. The lowest BCUT2D eigenvalue weighted by Crippen LogP contribution is -2.15. The third-order valence-corrected chi connectivity index (χ3v) is 5.90. The molecule has 2 heterocycles. The van der Waals surface area contributed by atoms with Crippen LogP contribution in [0.3, 0.4) is 0 Å². The number of nitrogen functional groups attached to an aromatic ring is 2. The zero-order chi connectivity index (χ0) is 19.7. The van der Waals surface area contributed by atoms with E-state index in [4.69, 9.17) is 11.5 Å². The zero-order valence-electron chi connectivity index (χ0n) is 14.7. The summed E-state index contributed by atoms with van der Waals surface area (Å²) in [6.07, 6.45) is 1.78. The molecule has 1 atom stereocenters. The first kappa shape index (κ1) is 18.6. The highest BCUT2D eigenvalue weighted by molar-refractivity contribution is 7.77. The molecule has 4 rings (SSSR count). The SMILES string of the molecule is Nc1ccc(-c2csc3c(-c4ccc(CNS(=O)[O-])cc4)cnc(N)c23)cc1. The summed E-state index contributed by atoms with van der Waals surface area (Å²) in [5.41, 5.74) is 17.7. The van der Waals surface area contributed by atoms with Gasteiger partial charge in [0.2, 0.25) is 0 Å². The number of anilines is 2. The standard InChI is InChI=1S/C20H18N4O2S2/c21-15-7-5-14(6-8-15)17-11-27-19-16(10-23-20(22)18(17)19)13-3-1-12(2-4-13)9-24-28(25)26/h1-8,10-11,24H,9,21H2,(H2,22,23)(H,25,26)/p-1. The van der Waals surface area contributed by atoms with Crippen LogP contribution in [0.4, 0.5) is 11.5 Å². The maximum Gasteiger partial charge on any atom is 0.132 e. The highest BCUT2D eigenvalue weighted by atomic mass is 32.2.